The van der Waals surface area contributed by atoms with Crippen LogP contribution in [0.3, 0.4) is 0 Å². The summed E-state index contributed by atoms with van der Waals surface area (Å²) in [5.41, 5.74) is 8.20. The lowest BCUT2D eigenvalue weighted by Gasteiger charge is -2.21. The van der Waals surface area contributed by atoms with Crippen molar-refractivity contribution in [3.05, 3.63) is 22.6 Å². The number of rotatable bonds is 2. The normalized spacial score (nSPS) is 29.5. The molecule has 11 heavy (non-hydrogen) atoms. The maximum atomic E-state index is 8.20. The molecule has 0 heterocycles. The van der Waals surface area contributed by atoms with E-state index in [1.165, 1.54) is 0 Å². The third-order valence-electron chi connectivity index (χ3n) is 1.82. The molecule has 4 nitrogen and oxygen atoms in total. The second kappa shape index (κ2) is 4.01. The van der Waals surface area contributed by atoms with E-state index < -0.39 is 0 Å². The Hall–Kier alpha value is -0.990. The average molecular weight is 153 g/mol. The molecule has 2 atom stereocenters. The fourth-order valence-corrected chi connectivity index (χ4v) is 1.22. The van der Waals surface area contributed by atoms with E-state index in [0.29, 0.717) is 0 Å². The van der Waals surface area contributed by atoms with Gasteiger partial charge in [-0.3, -0.25) is 0 Å². The highest BCUT2D eigenvalue weighted by Crippen LogP contribution is 2.17. The Morgan fingerprint density at radius 2 is 2.55 bits per heavy atom. The Morgan fingerprint density at radius 3 is 3.18 bits per heavy atom. The zero-order chi connectivity index (χ0) is 8.10. The van der Waals surface area contributed by atoms with Crippen LogP contribution in [0.4, 0.5) is 0 Å². The van der Waals surface area contributed by atoms with Gasteiger partial charge in [-0.05, 0) is 18.4 Å². The molecule has 1 aliphatic carbocycles. The maximum Gasteiger partial charge on any atom is 0.0817 e. The van der Waals surface area contributed by atoms with E-state index in [-0.39, 0.29) is 12.1 Å². The standard InChI is InChI=1S/C7H11N3O/c1-11-7-5-3-2-4-6(7)9-10-8/h2,4,6-7H,3,5H2,1H3/t6-,7-/m1/s1. The Bertz CT molecular complexity index is 196. The highest BCUT2D eigenvalue weighted by Gasteiger charge is 2.19. The number of nitrogens with zero attached hydrogens (tertiary/aromatic N) is 3. The Morgan fingerprint density at radius 1 is 1.73 bits per heavy atom. The van der Waals surface area contributed by atoms with Crippen LogP contribution < -0.4 is 0 Å². The zero-order valence-corrected chi connectivity index (χ0v) is 6.47. The van der Waals surface area contributed by atoms with Crippen LogP contribution in [-0.2, 0) is 4.74 Å². The predicted molar refractivity (Wildman–Crippen MR) is 42.1 cm³/mol. The van der Waals surface area contributed by atoms with Gasteiger partial charge in [-0.15, -0.1) is 0 Å². The average Bonchev–Trinajstić information content (AvgIpc) is 2.06. The van der Waals surface area contributed by atoms with Crippen molar-refractivity contribution in [3.8, 4) is 0 Å². The number of ether oxygens (including phenoxy) is 1. The minimum absolute atomic E-state index is 0.0656. The molecule has 0 N–H and O–H groups in total. The molecule has 0 saturated carbocycles. The SMILES string of the molecule is CO[C@@H]1CCC=C[C@H]1N=[N+]=[N-]. The van der Waals surface area contributed by atoms with Crippen molar-refractivity contribution >= 4 is 0 Å². The van der Waals surface area contributed by atoms with Crippen LogP contribution in [0.1, 0.15) is 12.8 Å². The summed E-state index contributed by atoms with van der Waals surface area (Å²) >= 11 is 0. The Kier molecular flexibility index (Phi) is 2.95. The summed E-state index contributed by atoms with van der Waals surface area (Å²) < 4.78 is 5.14. The summed E-state index contributed by atoms with van der Waals surface area (Å²) in [6.07, 6.45) is 5.94. The van der Waals surface area contributed by atoms with Crippen LogP contribution in [0.25, 0.3) is 10.4 Å². The molecule has 0 aliphatic heterocycles. The van der Waals surface area contributed by atoms with E-state index in [4.69, 9.17) is 10.3 Å². The lowest BCUT2D eigenvalue weighted by atomic mass is 10.0. The van der Waals surface area contributed by atoms with Gasteiger partial charge in [-0.25, -0.2) is 0 Å². The number of azide groups is 1. The summed E-state index contributed by atoms with van der Waals surface area (Å²) in [5, 5.41) is 3.60. The maximum absolute atomic E-state index is 8.20. The van der Waals surface area contributed by atoms with Crippen molar-refractivity contribution in [3.63, 3.8) is 0 Å². The molecule has 0 aromatic heterocycles. The van der Waals surface area contributed by atoms with Crippen molar-refractivity contribution in [2.45, 2.75) is 25.0 Å². The second-order valence-electron chi connectivity index (χ2n) is 2.48. The minimum Gasteiger partial charge on any atom is -0.381 e. The van der Waals surface area contributed by atoms with Crippen LogP contribution >= 0.6 is 0 Å². The van der Waals surface area contributed by atoms with E-state index in [2.05, 4.69) is 10.0 Å². The fourth-order valence-electron chi connectivity index (χ4n) is 1.22. The van der Waals surface area contributed by atoms with Gasteiger partial charge in [0.05, 0.1) is 12.1 Å². The molecule has 0 radical (unpaired) electrons. The van der Waals surface area contributed by atoms with Gasteiger partial charge in [0.15, 0.2) is 0 Å². The third-order valence-corrected chi connectivity index (χ3v) is 1.82. The highest BCUT2D eigenvalue weighted by atomic mass is 16.5. The Labute approximate surface area is 65.5 Å². The van der Waals surface area contributed by atoms with Gasteiger partial charge in [0, 0.05) is 12.0 Å². The van der Waals surface area contributed by atoms with Gasteiger partial charge in [0.2, 0.25) is 0 Å². The monoisotopic (exact) mass is 153 g/mol. The first-order chi connectivity index (χ1) is 5.38. The molecular formula is C7H11N3O. The number of methoxy groups -OCH3 is 1. The summed E-state index contributed by atoms with van der Waals surface area (Å²) in [7, 11) is 1.64. The molecule has 0 unspecified atom stereocenters. The first-order valence-corrected chi connectivity index (χ1v) is 3.62. The lowest BCUT2D eigenvalue weighted by Crippen LogP contribution is -2.26. The van der Waals surface area contributed by atoms with Gasteiger partial charge in [-0.2, -0.15) is 0 Å². The molecular weight excluding hydrogens is 142 g/mol. The smallest absolute Gasteiger partial charge is 0.0817 e. The minimum atomic E-state index is -0.112. The molecule has 0 fully saturated rings. The first-order valence-electron chi connectivity index (χ1n) is 3.62. The van der Waals surface area contributed by atoms with Crippen molar-refractivity contribution in [1.29, 1.82) is 0 Å². The molecule has 1 rings (SSSR count). The van der Waals surface area contributed by atoms with Crippen molar-refractivity contribution < 1.29 is 4.74 Å². The zero-order valence-electron chi connectivity index (χ0n) is 6.47. The lowest BCUT2D eigenvalue weighted by molar-refractivity contribution is 0.0824. The van der Waals surface area contributed by atoms with Crippen molar-refractivity contribution in [2.24, 2.45) is 5.11 Å². The van der Waals surface area contributed by atoms with Gasteiger partial charge >= 0.3 is 0 Å². The number of allylic oxidation sites excluding steroid dienone is 1. The van der Waals surface area contributed by atoms with Crippen LogP contribution in [0, 0.1) is 0 Å². The molecule has 4 heteroatoms. The molecule has 0 aromatic carbocycles. The molecule has 1 aliphatic rings. The first kappa shape index (κ1) is 8.11. The molecule has 0 aromatic rings. The topological polar surface area (TPSA) is 58.0 Å². The van der Waals surface area contributed by atoms with Crippen LogP contribution in [-0.4, -0.2) is 19.3 Å². The van der Waals surface area contributed by atoms with E-state index in [0.717, 1.165) is 12.8 Å². The summed E-state index contributed by atoms with van der Waals surface area (Å²) in [4.78, 5) is 2.75. The second-order valence-corrected chi connectivity index (χ2v) is 2.48. The molecule has 0 spiro atoms. The fraction of sp³-hybridized carbons (Fsp3) is 0.714. The van der Waals surface area contributed by atoms with Crippen molar-refractivity contribution in [2.75, 3.05) is 7.11 Å². The third kappa shape index (κ3) is 1.97. The predicted octanol–water partition coefficient (Wildman–Crippen LogP) is 2.03. The van der Waals surface area contributed by atoms with Crippen molar-refractivity contribution in [1.82, 2.24) is 0 Å². The molecule has 0 saturated heterocycles. The summed E-state index contributed by atoms with van der Waals surface area (Å²) in [6, 6.07) is -0.112. The van der Waals surface area contributed by atoms with Gasteiger partial charge < -0.3 is 4.74 Å². The van der Waals surface area contributed by atoms with Gasteiger partial charge in [-0.1, -0.05) is 17.3 Å². The van der Waals surface area contributed by atoms with E-state index in [1.54, 1.807) is 7.11 Å². The van der Waals surface area contributed by atoms with Crippen LogP contribution in [0.15, 0.2) is 17.3 Å². The van der Waals surface area contributed by atoms with Gasteiger partial charge in [0.1, 0.15) is 0 Å². The summed E-state index contributed by atoms with van der Waals surface area (Å²) in [6.45, 7) is 0. The van der Waals surface area contributed by atoms with Crippen LogP contribution in [0.2, 0.25) is 0 Å². The van der Waals surface area contributed by atoms with E-state index >= 15 is 0 Å². The largest absolute Gasteiger partial charge is 0.381 e. The number of hydrogen-bond acceptors (Lipinski definition) is 2. The molecule has 60 valence electrons. The molecule has 0 bridgehead atoms. The van der Waals surface area contributed by atoms with E-state index in [9.17, 15) is 0 Å². The van der Waals surface area contributed by atoms with Gasteiger partial charge in [0.25, 0.3) is 0 Å². The quantitative estimate of drug-likeness (QED) is 0.259. The number of hydrogen-bond donors (Lipinski definition) is 0. The van der Waals surface area contributed by atoms with Crippen LogP contribution in [0.5, 0.6) is 0 Å². The molecule has 0 amide bonds. The Balaban J connectivity index is 2.64. The van der Waals surface area contributed by atoms with E-state index in [1.807, 2.05) is 12.2 Å². The highest BCUT2D eigenvalue weighted by molar-refractivity contribution is 5.02. The summed E-state index contributed by atoms with van der Waals surface area (Å²) in [5.74, 6) is 0.